The summed E-state index contributed by atoms with van der Waals surface area (Å²) >= 11 is 0. The molecule has 0 aromatic carbocycles. The Bertz CT molecular complexity index is 219. The van der Waals surface area contributed by atoms with Crippen LogP contribution < -0.4 is 0 Å². The molecule has 0 radical (unpaired) electrons. The first-order valence-electron chi connectivity index (χ1n) is 6.15. The Morgan fingerprint density at radius 2 is 1.16 bits per heavy atom. The maximum atomic E-state index is 5.81. The molecule has 0 spiro atoms. The summed E-state index contributed by atoms with van der Waals surface area (Å²) in [5, 5.41) is 0. The van der Waals surface area contributed by atoms with Crippen molar-refractivity contribution in [2.45, 2.75) is 45.7 Å². The maximum absolute atomic E-state index is 5.81. The van der Waals surface area contributed by atoms with Gasteiger partial charge in [-0.1, -0.05) is 6.08 Å². The van der Waals surface area contributed by atoms with Crippen LogP contribution in [0.2, 0.25) is 6.04 Å². The van der Waals surface area contributed by atoms with Gasteiger partial charge in [0.15, 0.2) is 0 Å². The molecule has 0 saturated heterocycles. The summed E-state index contributed by atoms with van der Waals surface area (Å²) in [5.74, 6) is 0. The second-order valence-electron chi connectivity index (χ2n) is 3.94. The average Bonchev–Trinajstić information content (AvgIpc) is 2.38. The molecule has 0 heterocycles. The Morgan fingerprint density at radius 3 is 1.37 bits per heavy atom. The Balaban J connectivity index is 5.01. The standard InChI is InChI=1S/C12H26O6Si/c1-8-9-19(16-10(2)13-5,17-11(3)14-6)18-12(4)15-7/h8,10-12H,1,9H2,2-7H3. The van der Waals surface area contributed by atoms with Crippen LogP contribution in [-0.4, -0.2) is 49.0 Å². The molecule has 7 heteroatoms. The van der Waals surface area contributed by atoms with Crippen molar-refractivity contribution < 1.29 is 27.5 Å². The van der Waals surface area contributed by atoms with Gasteiger partial charge in [-0.15, -0.1) is 6.58 Å². The van der Waals surface area contributed by atoms with Gasteiger partial charge in [-0.25, -0.2) is 0 Å². The number of methoxy groups -OCH3 is 3. The first-order valence-corrected chi connectivity index (χ1v) is 8.09. The van der Waals surface area contributed by atoms with Crippen molar-refractivity contribution in [1.29, 1.82) is 0 Å². The van der Waals surface area contributed by atoms with E-state index in [0.29, 0.717) is 6.04 Å². The molecule has 0 rings (SSSR count). The maximum Gasteiger partial charge on any atom is 0.510 e. The number of allylic oxidation sites excluding steroid dienone is 1. The summed E-state index contributed by atoms with van der Waals surface area (Å²) in [4.78, 5) is 0. The second-order valence-corrected chi connectivity index (χ2v) is 6.42. The minimum Gasteiger partial charge on any atom is -0.357 e. The summed E-state index contributed by atoms with van der Waals surface area (Å²) in [5.41, 5.74) is 0. The fourth-order valence-corrected chi connectivity index (χ4v) is 3.92. The van der Waals surface area contributed by atoms with Gasteiger partial charge in [0.2, 0.25) is 0 Å². The van der Waals surface area contributed by atoms with E-state index in [1.165, 1.54) is 0 Å². The number of rotatable bonds is 11. The molecular formula is C12H26O6Si. The molecular weight excluding hydrogens is 268 g/mol. The quantitative estimate of drug-likeness (QED) is 0.330. The summed E-state index contributed by atoms with van der Waals surface area (Å²) < 4.78 is 32.8. The third kappa shape index (κ3) is 7.16. The van der Waals surface area contributed by atoms with Gasteiger partial charge in [0, 0.05) is 27.4 Å². The van der Waals surface area contributed by atoms with E-state index in [2.05, 4.69) is 6.58 Å². The Labute approximate surface area is 116 Å². The summed E-state index contributed by atoms with van der Waals surface area (Å²) in [6, 6.07) is 0.433. The van der Waals surface area contributed by atoms with E-state index < -0.39 is 27.7 Å². The van der Waals surface area contributed by atoms with Crippen LogP contribution in [0.1, 0.15) is 20.8 Å². The lowest BCUT2D eigenvalue weighted by Crippen LogP contribution is -2.52. The van der Waals surface area contributed by atoms with Gasteiger partial charge >= 0.3 is 8.80 Å². The zero-order valence-corrected chi connectivity index (χ0v) is 13.7. The van der Waals surface area contributed by atoms with Crippen molar-refractivity contribution in [2.75, 3.05) is 21.3 Å². The lowest BCUT2D eigenvalue weighted by atomic mass is 10.8. The normalized spacial score (nSPS) is 19.5. The third-order valence-corrected chi connectivity index (χ3v) is 5.29. The highest BCUT2D eigenvalue weighted by atomic mass is 28.4. The van der Waals surface area contributed by atoms with Crippen molar-refractivity contribution in [3.8, 4) is 0 Å². The highest BCUT2D eigenvalue weighted by molar-refractivity contribution is 6.61. The van der Waals surface area contributed by atoms with Crippen molar-refractivity contribution >= 4 is 8.80 Å². The van der Waals surface area contributed by atoms with Gasteiger partial charge < -0.3 is 27.5 Å². The topological polar surface area (TPSA) is 55.4 Å². The predicted octanol–water partition coefficient (Wildman–Crippen LogP) is 2.14. The van der Waals surface area contributed by atoms with Crippen LogP contribution in [0.5, 0.6) is 0 Å². The van der Waals surface area contributed by atoms with Crippen LogP contribution in [0.15, 0.2) is 12.7 Å². The number of ether oxygens (including phenoxy) is 3. The lowest BCUT2D eigenvalue weighted by molar-refractivity contribution is -0.162. The molecule has 0 aromatic rings. The van der Waals surface area contributed by atoms with E-state index in [0.717, 1.165) is 0 Å². The summed E-state index contributed by atoms with van der Waals surface area (Å²) in [6.45, 7) is 9.03. The van der Waals surface area contributed by atoms with E-state index in [1.54, 1.807) is 48.2 Å². The molecule has 114 valence electrons. The third-order valence-electron chi connectivity index (χ3n) is 2.43. The summed E-state index contributed by atoms with van der Waals surface area (Å²) in [7, 11) is 1.62. The van der Waals surface area contributed by atoms with Crippen molar-refractivity contribution in [1.82, 2.24) is 0 Å². The highest BCUT2D eigenvalue weighted by Gasteiger charge is 2.45. The molecule has 0 bridgehead atoms. The molecule has 0 amide bonds. The lowest BCUT2D eigenvalue weighted by Gasteiger charge is -2.34. The molecule has 0 aromatic heterocycles. The van der Waals surface area contributed by atoms with E-state index >= 15 is 0 Å². The smallest absolute Gasteiger partial charge is 0.357 e. The van der Waals surface area contributed by atoms with Crippen LogP contribution in [0.3, 0.4) is 0 Å². The summed E-state index contributed by atoms with van der Waals surface area (Å²) in [6.07, 6.45) is 0.318. The van der Waals surface area contributed by atoms with Crippen LogP contribution in [-0.2, 0) is 27.5 Å². The Hall–Kier alpha value is -0.283. The van der Waals surface area contributed by atoms with Gasteiger partial charge in [0.25, 0.3) is 0 Å². The van der Waals surface area contributed by atoms with Crippen LogP contribution in [0.4, 0.5) is 0 Å². The molecule has 6 nitrogen and oxygen atoms in total. The molecule has 3 atom stereocenters. The number of hydrogen-bond acceptors (Lipinski definition) is 6. The highest BCUT2D eigenvalue weighted by Crippen LogP contribution is 2.23. The molecule has 0 aliphatic heterocycles. The van der Waals surface area contributed by atoms with E-state index in [-0.39, 0.29) is 0 Å². The van der Waals surface area contributed by atoms with Gasteiger partial charge in [0.05, 0.1) is 0 Å². The van der Waals surface area contributed by atoms with Crippen LogP contribution in [0, 0.1) is 0 Å². The van der Waals surface area contributed by atoms with Crippen molar-refractivity contribution in [3.63, 3.8) is 0 Å². The fourth-order valence-electron chi connectivity index (χ4n) is 1.31. The van der Waals surface area contributed by atoms with Gasteiger partial charge in [-0.3, -0.25) is 0 Å². The molecule has 0 saturated carbocycles. The molecule has 0 aliphatic carbocycles. The Kier molecular flexibility index (Phi) is 9.45. The molecule has 3 unspecified atom stereocenters. The van der Waals surface area contributed by atoms with Gasteiger partial charge in [-0.05, 0) is 20.8 Å². The zero-order chi connectivity index (χ0) is 14.9. The van der Waals surface area contributed by atoms with E-state index in [9.17, 15) is 0 Å². The van der Waals surface area contributed by atoms with E-state index in [1.807, 2.05) is 0 Å². The minimum absolute atomic E-state index is 0.433. The average molecular weight is 294 g/mol. The Morgan fingerprint density at radius 1 is 0.842 bits per heavy atom. The monoisotopic (exact) mass is 294 g/mol. The molecule has 19 heavy (non-hydrogen) atoms. The van der Waals surface area contributed by atoms with Gasteiger partial charge in [-0.2, -0.15) is 0 Å². The first-order chi connectivity index (χ1) is 8.92. The van der Waals surface area contributed by atoms with Crippen LogP contribution >= 0.6 is 0 Å². The predicted molar refractivity (Wildman–Crippen MR) is 73.4 cm³/mol. The minimum atomic E-state index is -3.04. The fraction of sp³-hybridized carbons (Fsp3) is 0.833. The van der Waals surface area contributed by atoms with Crippen molar-refractivity contribution in [3.05, 3.63) is 12.7 Å². The largest absolute Gasteiger partial charge is 0.510 e. The number of hydrogen-bond donors (Lipinski definition) is 0. The molecule has 0 fully saturated rings. The first kappa shape index (κ1) is 18.7. The van der Waals surface area contributed by atoms with Crippen molar-refractivity contribution in [2.24, 2.45) is 0 Å². The van der Waals surface area contributed by atoms with E-state index in [4.69, 9.17) is 27.5 Å². The second kappa shape index (κ2) is 9.59. The molecule has 0 N–H and O–H groups in total. The molecule has 0 aliphatic rings. The van der Waals surface area contributed by atoms with Crippen LogP contribution in [0.25, 0.3) is 0 Å². The zero-order valence-electron chi connectivity index (χ0n) is 12.7. The van der Waals surface area contributed by atoms with Gasteiger partial charge in [0.1, 0.15) is 18.9 Å². The SMILES string of the molecule is C=CC[Si](OC(C)OC)(OC(C)OC)OC(C)OC.